The van der Waals surface area contributed by atoms with Gasteiger partial charge in [-0.1, -0.05) is 59.7 Å². The molecule has 0 amide bonds. The normalized spacial score (nSPS) is 11.9. The maximum absolute atomic E-state index is 11.9. The molecule has 0 N–H and O–H groups in total. The van der Waals surface area contributed by atoms with Crippen LogP contribution >= 0.6 is 8.58 Å². The van der Waals surface area contributed by atoms with E-state index in [9.17, 15) is 4.79 Å². The zero-order valence-electron chi connectivity index (χ0n) is 14.8. The molecule has 1 atom stereocenters. The highest BCUT2D eigenvalue weighted by Gasteiger charge is 2.19. The molecule has 2 aromatic carbocycles. The number of ether oxygens (including phenoxy) is 1. The maximum atomic E-state index is 11.9. The molecule has 0 aliphatic heterocycles. The van der Waals surface area contributed by atoms with Gasteiger partial charge in [0.2, 0.25) is 0 Å². The van der Waals surface area contributed by atoms with Crippen molar-refractivity contribution in [1.82, 2.24) is 0 Å². The molecule has 0 fully saturated rings. The van der Waals surface area contributed by atoms with E-state index >= 15 is 0 Å². The summed E-state index contributed by atoms with van der Waals surface area (Å²) in [5.74, 6) is 1.03. The first-order chi connectivity index (χ1) is 10.7. The van der Waals surface area contributed by atoms with Gasteiger partial charge >= 0.3 is 0 Å². The van der Waals surface area contributed by atoms with Gasteiger partial charge in [-0.25, -0.2) is 0 Å². The molecule has 2 rings (SSSR count). The number of rotatable bonds is 4. The number of hydrogen-bond acceptors (Lipinski definition) is 2. The molecule has 2 nitrogen and oxygen atoms in total. The van der Waals surface area contributed by atoms with E-state index in [4.69, 9.17) is 4.74 Å². The Morgan fingerprint density at radius 1 is 1.09 bits per heavy atom. The van der Waals surface area contributed by atoms with Crippen LogP contribution in [0.1, 0.15) is 49.2 Å². The molecule has 1 unspecified atom stereocenters. The third-order valence-electron chi connectivity index (χ3n) is 3.92. The van der Waals surface area contributed by atoms with Crippen LogP contribution in [0.5, 0.6) is 5.75 Å². The molecule has 0 bridgehead atoms. The summed E-state index contributed by atoms with van der Waals surface area (Å²) in [6, 6.07) is 12.3. The zero-order chi connectivity index (χ0) is 17.2. The fourth-order valence-corrected chi connectivity index (χ4v) is 4.12. The Hall–Kier alpha value is -1.66. The molecule has 0 aliphatic carbocycles. The Balaban J connectivity index is 2.55. The first-order valence-corrected chi connectivity index (χ1v) is 8.80. The summed E-state index contributed by atoms with van der Waals surface area (Å²) in [7, 11) is 2.11. The monoisotopic (exact) mass is 328 g/mol. The summed E-state index contributed by atoms with van der Waals surface area (Å²) in [5.41, 5.74) is 3.31. The Bertz CT molecular complexity index is 727. The van der Waals surface area contributed by atoms with Crippen LogP contribution in [0, 0.1) is 6.92 Å². The number of carbonyl (C=O) groups is 1. The minimum atomic E-state index is 0.0797. The molecule has 0 saturated heterocycles. The van der Waals surface area contributed by atoms with Crippen LogP contribution in [0.25, 0.3) is 0 Å². The van der Waals surface area contributed by atoms with Crippen LogP contribution in [-0.2, 0) is 5.41 Å². The van der Waals surface area contributed by atoms with Gasteiger partial charge in [-0.05, 0) is 41.8 Å². The summed E-state index contributed by atoms with van der Waals surface area (Å²) >= 11 is 0. The SMILES string of the molecule is COc1c(C)cc(C(C)(C)C)cc1Pc1ccccc1C(C)=O. The third-order valence-corrected chi connectivity index (χ3v) is 5.27. The topological polar surface area (TPSA) is 26.3 Å². The van der Waals surface area contributed by atoms with Crippen molar-refractivity contribution in [2.24, 2.45) is 0 Å². The van der Waals surface area contributed by atoms with E-state index in [1.807, 2.05) is 24.3 Å². The molecule has 3 heteroatoms. The Morgan fingerprint density at radius 3 is 2.30 bits per heavy atom. The van der Waals surface area contributed by atoms with Gasteiger partial charge in [0.25, 0.3) is 0 Å². The maximum Gasteiger partial charge on any atom is 0.160 e. The molecule has 0 aromatic heterocycles. The molecule has 0 radical (unpaired) electrons. The molecule has 23 heavy (non-hydrogen) atoms. The van der Waals surface area contributed by atoms with E-state index in [0.717, 1.165) is 27.5 Å². The van der Waals surface area contributed by atoms with Crippen LogP contribution < -0.4 is 15.3 Å². The standard InChI is InChI=1S/C20H25O2P/c1-13-11-15(20(3,4)5)12-18(19(13)22-6)23-17-10-8-7-9-16(17)14(2)21/h7-12,23H,1-6H3. The summed E-state index contributed by atoms with van der Waals surface area (Å²) in [4.78, 5) is 11.9. The molecular formula is C20H25O2P. The van der Waals surface area contributed by atoms with Gasteiger partial charge in [-0.2, -0.15) is 0 Å². The van der Waals surface area contributed by atoms with Gasteiger partial charge in [0.05, 0.1) is 7.11 Å². The van der Waals surface area contributed by atoms with Gasteiger partial charge in [0.15, 0.2) is 5.78 Å². The Labute approximate surface area is 141 Å². The summed E-state index contributed by atoms with van der Waals surface area (Å²) in [6.45, 7) is 10.3. The number of hydrogen-bond donors (Lipinski definition) is 0. The molecule has 0 spiro atoms. The molecule has 2 aromatic rings. The van der Waals surface area contributed by atoms with Gasteiger partial charge < -0.3 is 4.74 Å². The lowest BCUT2D eigenvalue weighted by Gasteiger charge is -2.23. The molecular weight excluding hydrogens is 303 g/mol. The van der Waals surface area contributed by atoms with Crippen LogP contribution in [0.2, 0.25) is 0 Å². The number of Topliss-reactive ketones (excluding diaryl/α,β-unsaturated/α-hetero) is 1. The van der Waals surface area contributed by atoms with E-state index in [1.54, 1.807) is 14.0 Å². The highest BCUT2D eigenvalue weighted by atomic mass is 31.1. The quantitative estimate of drug-likeness (QED) is 0.623. The second-order valence-electron chi connectivity index (χ2n) is 6.85. The van der Waals surface area contributed by atoms with E-state index in [-0.39, 0.29) is 11.2 Å². The summed E-state index contributed by atoms with van der Waals surface area (Å²) in [5, 5.41) is 2.23. The largest absolute Gasteiger partial charge is 0.496 e. The van der Waals surface area contributed by atoms with Crippen molar-refractivity contribution in [3.05, 3.63) is 53.1 Å². The van der Waals surface area contributed by atoms with Gasteiger partial charge in [0.1, 0.15) is 5.75 Å². The number of methoxy groups -OCH3 is 1. The fraction of sp³-hybridized carbons (Fsp3) is 0.350. The smallest absolute Gasteiger partial charge is 0.160 e. The van der Waals surface area contributed by atoms with Crippen molar-refractivity contribution in [3.8, 4) is 5.75 Å². The molecule has 0 aliphatic rings. The summed E-state index contributed by atoms with van der Waals surface area (Å²) < 4.78 is 5.64. The highest BCUT2D eigenvalue weighted by molar-refractivity contribution is 7.56. The first-order valence-electron chi connectivity index (χ1n) is 7.80. The predicted molar refractivity (Wildman–Crippen MR) is 100 cm³/mol. The predicted octanol–water partition coefficient (Wildman–Crippen LogP) is 4.13. The van der Waals surface area contributed by atoms with E-state index in [1.165, 1.54) is 5.56 Å². The zero-order valence-corrected chi connectivity index (χ0v) is 15.8. The Kier molecular flexibility index (Phi) is 5.26. The van der Waals surface area contributed by atoms with E-state index < -0.39 is 0 Å². The fourth-order valence-electron chi connectivity index (χ4n) is 2.61. The highest BCUT2D eigenvalue weighted by Crippen LogP contribution is 2.30. The lowest BCUT2D eigenvalue weighted by atomic mass is 9.86. The van der Waals surface area contributed by atoms with Crippen LogP contribution in [-0.4, -0.2) is 12.9 Å². The van der Waals surface area contributed by atoms with Crippen molar-refractivity contribution in [2.45, 2.75) is 40.0 Å². The summed E-state index contributed by atoms with van der Waals surface area (Å²) in [6.07, 6.45) is 0. The number of benzene rings is 2. The lowest BCUT2D eigenvalue weighted by molar-refractivity contribution is 0.101. The number of carbonyl (C=O) groups excluding carboxylic acids is 1. The van der Waals surface area contributed by atoms with E-state index in [2.05, 4.69) is 39.8 Å². The van der Waals surface area contributed by atoms with Gasteiger partial charge in [0, 0.05) is 10.9 Å². The minimum absolute atomic E-state index is 0.0797. The van der Waals surface area contributed by atoms with Crippen molar-refractivity contribution in [3.63, 3.8) is 0 Å². The van der Waals surface area contributed by atoms with Crippen molar-refractivity contribution >= 4 is 25.0 Å². The van der Waals surface area contributed by atoms with Crippen LogP contribution in [0.3, 0.4) is 0 Å². The van der Waals surface area contributed by atoms with Gasteiger partial charge in [-0.15, -0.1) is 0 Å². The number of aryl methyl sites for hydroxylation is 1. The first kappa shape index (κ1) is 17.7. The molecule has 0 saturated carbocycles. The second-order valence-corrected chi connectivity index (χ2v) is 8.18. The average Bonchev–Trinajstić information content (AvgIpc) is 2.46. The lowest BCUT2D eigenvalue weighted by Crippen LogP contribution is -2.18. The Morgan fingerprint density at radius 2 is 1.74 bits per heavy atom. The van der Waals surface area contributed by atoms with Crippen LogP contribution in [0.4, 0.5) is 0 Å². The molecule has 0 heterocycles. The minimum Gasteiger partial charge on any atom is -0.496 e. The second kappa shape index (κ2) is 6.84. The number of ketones is 1. The van der Waals surface area contributed by atoms with Crippen molar-refractivity contribution in [1.29, 1.82) is 0 Å². The van der Waals surface area contributed by atoms with Crippen LogP contribution in [0.15, 0.2) is 36.4 Å². The van der Waals surface area contributed by atoms with Crippen molar-refractivity contribution in [2.75, 3.05) is 7.11 Å². The van der Waals surface area contributed by atoms with E-state index in [0.29, 0.717) is 8.58 Å². The van der Waals surface area contributed by atoms with Gasteiger partial charge in [-0.3, -0.25) is 4.79 Å². The van der Waals surface area contributed by atoms with Crippen molar-refractivity contribution < 1.29 is 9.53 Å². The molecule has 122 valence electrons. The average molecular weight is 328 g/mol. The third kappa shape index (κ3) is 4.00.